The Kier molecular flexibility index (Phi) is 4.19. The highest BCUT2D eigenvalue weighted by Gasteiger charge is 2.12. The van der Waals surface area contributed by atoms with Gasteiger partial charge in [-0.05, 0) is 6.92 Å². The Morgan fingerprint density at radius 2 is 2.30 bits per heavy atom. The second kappa shape index (κ2) is 6.05. The smallest absolute Gasteiger partial charge is 0.275 e. The highest BCUT2D eigenvalue weighted by molar-refractivity contribution is 5.56. The summed E-state index contributed by atoms with van der Waals surface area (Å²) in [6.45, 7) is 2.70. The van der Waals surface area contributed by atoms with E-state index in [2.05, 4.69) is 10.3 Å². The summed E-state index contributed by atoms with van der Waals surface area (Å²) in [6.07, 6.45) is 5.31. The SMILES string of the molecule is COc1cc(NC(C)Cn2ccnc2)cc([N+](=O)[O-])c1. The number of benzene rings is 1. The van der Waals surface area contributed by atoms with Crippen molar-refractivity contribution in [2.45, 2.75) is 19.5 Å². The average molecular weight is 276 g/mol. The number of imidazole rings is 1. The van der Waals surface area contributed by atoms with Gasteiger partial charge in [0.25, 0.3) is 5.69 Å². The minimum Gasteiger partial charge on any atom is -0.496 e. The third-order valence-electron chi connectivity index (χ3n) is 2.79. The van der Waals surface area contributed by atoms with Crippen LogP contribution in [0.4, 0.5) is 11.4 Å². The number of nitro benzene ring substituents is 1. The quantitative estimate of drug-likeness (QED) is 0.646. The van der Waals surface area contributed by atoms with Crippen molar-refractivity contribution < 1.29 is 9.66 Å². The van der Waals surface area contributed by atoms with Crippen molar-refractivity contribution in [3.8, 4) is 5.75 Å². The molecule has 7 nitrogen and oxygen atoms in total. The molecule has 0 bridgehead atoms. The summed E-state index contributed by atoms with van der Waals surface area (Å²) >= 11 is 0. The Bertz CT molecular complexity index is 583. The normalized spacial score (nSPS) is 11.9. The minimum atomic E-state index is -0.436. The van der Waals surface area contributed by atoms with Crippen molar-refractivity contribution in [1.29, 1.82) is 0 Å². The molecule has 0 aliphatic heterocycles. The molecule has 20 heavy (non-hydrogen) atoms. The van der Waals surface area contributed by atoms with E-state index in [-0.39, 0.29) is 11.7 Å². The Morgan fingerprint density at radius 1 is 1.50 bits per heavy atom. The fourth-order valence-electron chi connectivity index (χ4n) is 1.93. The Balaban J connectivity index is 2.11. The Morgan fingerprint density at radius 3 is 2.90 bits per heavy atom. The van der Waals surface area contributed by atoms with Crippen molar-refractivity contribution in [1.82, 2.24) is 9.55 Å². The average Bonchev–Trinajstić information content (AvgIpc) is 2.90. The van der Waals surface area contributed by atoms with E-state index in [1.807, 2.05) is 17.7 Å². The molecule has 0 amide bonds. The van der Waals surface area contributed by atoms with Gasteiger partial charge in [0, 0.05) is 42.8 Å². The Hall–Kier alpha value is -2.57. The van der Waals surface area contributed by atoms with Gasteiger partial charge in [0.15, 0.2) is 0 Å². The van der Waals surface area contributed by atoms with Crippen LogP contribution in [0, 0.1) is 10.1 Å². The molecule has 106 valence electrons. The summed E-state index contributed by atoms with van der Waals surface area (Å²) in [5.41, 5.74) is 0.658. The molecular formula is C13H16N4O3. The zero-order valence-electron chi connectivity index (χ0n) is 11.3. The third-order valence-corrected chi connectivity index (χ3v) is 2.79. The maximum Gasteiger partial charge on any atom is 0.275 e. The van der Waals surface area contributed by atoms with Crippen molar-refractivity contribution in [3.63, 3.8) is 0 Å². The van der Waals surface area contributed by atoms with Crippen LogP contribution in [0.15, 0.2) is 36.9 Å². The van der Waals surface area contributed by atoms with Crippen molar-refractivity contribution in [2.24, 2.45) is 0 Å². The number of nitrogens with one attached hydrogen (secondary N) is 1. The van der Waals surface area contributed by atoms with Gasteiger partial charge in [-0.1, -0.05) is 0 Å². The van der Waals surface area contributed by atoms with Gasteiger partial charge in [-0.3, -0.25) is 10.1 Å². The molecule has 0 saturated carbocycles. The number of ether oxygens (including phenoxy) is 1. The predicted octanol–water partition coefficient (Wildman–Crippen LogP) is 2.30. The van der Waals surface area contributed by atoms with E-state index in [0.717, 1.165) is 0 Å². The summed E-state index contributed by atoms with van der Waals surface area (Å²) in [6, 6.07) is 4.71. The first-order chi connectivity index (χ1) is 9.58. The molecule has 0 aliphatic rings. The molecule has 2 aromatic rings. The first-order valence-corrected chi connectivity index (χ1v) is 6.14. The summed E-state index contributed by atoms with van der Waals surface area (Å²) in [4.78, 5) is 14.4. The molecule has 1 atom stereocenters. The summed E-state index contributed by atoms with van der Waals surface area (Å²) in [5, 5.41) is 14.1. The Labute approximate surface area is 116 Å². The summed E-state index contributed by atoms with van der Waals surface area (Å²) in [7, 11) is 1.48. The van der Waals surface area contributed by atoms with Gasteiger partial charge in [0.1, 0.15) is 5.75 Å². The van der Waals surface area contributed by atoms with Gasteiger partial charge in [-0.25, -0.2) is 4.98 Å². The lowest BCUT2D eigenvalue weighted by atomic mass is 10.2. The molecular weight excluding hydrogens is 260 g/mol. The van der Waals surface area contributed by atoms with E-state index in [4.69, 9.17) is 4.74 Å². The lowest BCUT2D eigenvalue weighted by Crippen LogP contribution is -2.21. The predicted molar refractivity (Wildman–Crippen MR) is 75.0 cm³/mol. The van der Waals surface area contributed by atoms with Crippen molar-refractivity contribution >= 4 is 11.4 Å². The van der Waals surface area contributed by atoms with Gasteiger partial charge in [0.2, 0.25) is 0 Å². The van der Waals surface area contributed by atoms with Crippen LogP contribution in [0.25, 0.3) is 0 Å². The van der Waals surface area contributed by atoms with E-state index in [0.29, 0.717) is 18.0 Å². The van der Waals surface area contributed by atoms with Crippen LogP contribution in [-0.4, -0.2) is 27.6 Å². The second-order valence-electron chi connectivity index (χ2n) is 4.48. The molecule has 1 aromatic carbocycles. The number of hydrogen-bond donors (Lipinski definition) is 1. The first-order valence-electron chi connectivity index (χ1n) is 6.14. The maximum atomic E-state index is 10.9. The van der Waals surface area contributed by atoms with Crippen LogP contribution in [-0.2, 0) is 6.54 Å². The number of anilines is 1. The lowest BCUT2D eigenvalue weighted by Gasteiger charge is -2.16. The van der Waals surface area contributed by atoms with Crippen LogP contribution in [0.3, 0.4) is 0 Å². The highest BCUT2D eigenvalue weighted by atomic mass is 16.6. The second-order valence-corrected chi connectivity index (χ2v) is 4.48. The number of nitro groups is 1. The monoisotopic (exact) mass is 276 g/mol. The molecule has 0 aliphatic carbocycles. The van der Waals surface area contributed by atoms with E-state index in [1.54, 1.807) is 18.6 Å². The lowest BCUT2D eigenvalue weighted by molar-refractivity contribution is -0.384. The van der Waals surface area contributed by atoms with Crippen molar-refractivity contribution in [2.75, 3.05) is 12.4 Å². The van der Waals surface area contributed by atoms with Crippen LogP contribution in [0.2, 0.25) is 0 Å². The molecule has 0 spiro atoms. The third kappa shape index (κ3) is 3.47. The minimum absolute atomic E-state index is 0.00156. The number of nitrogens with zero attached hydrogens (tertiary/aromatic N) is 3. The topological polar surface area (TPSA) is 82.2 Å². The first kappa shape index (κ1) is 13.9. The van der Waals surface area contributed by atoms with E-state index in [9.17, 15) is 10.1 Å². The van der Waals surface area contributed by atoms with Gasteiger partial charge in [-0.15, -0.1) is 0 Å². The number of methoxy groups -OCH3 is 1. The maximum absolute atomic E-state index is 10.9. The zero-order chi connectivity index (χ0) is 14.5. The molecule has 1 heterocycles. The van der Waals surface area contributed by atoms with Crippen LogP contribution >= 0.6 is 0 Å². The molecule has 0 fully saturated rings. The van der Waals surface area contributed by atoms with E-state index >= 15 is 0 Å². The number of rotatable bonds is 6. The highest BCUT2D eigenvalue weighted by Crippen LogP contribution is 2.26. The van der Waals surface area contributed by atoms with Gasteiger partial charge < -0.3 is 14.6 Å². The van der Waals surface area contributed by atoms with Crippen LogP contribution in [0.5, 0.6) is 5.75 Å². The summed E-state index contributed by atoms with van der Waals surface area (Å²) in [5.74, 6) is 0.455. The fourth-order valence-corrected chi connectivity index (χ4v) is 1.93. The van der Waals surface area contributed by atoms with E-state index < -0.39 is 4.92 Å². The standard InChI is InChI=1S/C13H16N4O3/c1-10(8-16-4-3-14-9-16)15-11-5-12(17(18)19)7-13(6-11)20-2/h3-7,9-10,15H,8H2,1-2H3. The fraction of sp³-hybridized carbons (Fsp3) is 0.308. The van der Waals surface area contributed by atoms with Crippen LogP contribution < -0.4 is 10.1 Å². The number of non-ortho nitro benzene ring substituents is 1. The molecule has 0 saturated heterocycles. The number of aromatic nitrogens is 2. The van der Waals surface area contributed by atoms with Gasteiger partial charge >= 0.3 is 0 Å². The molecule has 7 heteroatoms. The molecule has 0 radical (unpaired) electrons. The largest absolute Gasteiger partial charge is 0.496 e. The molecule has 1 unspecified atom stereocenters. The zero-order valence-corrected chi connectivity index (χ0v) is 11.3. The van der Waals surface area contributed by atoms with Crippen molar-refractivity contribution in [3.05, 3.63) is 47.0 Å². The number of hydrogen-bond acceptors (Lipinski definition) is 5. The summed E-state index contributed by atoms with van der Waals surface area (Å²) < 4.78 is 7.01. The van der Waals surface area contributed by atoms with Gasteiger partial charge in [-0.2, -0.15) is 0 Å². The van der Waals surface area contributed by atoms with E-state index in [1.165, 1.54) is 19.2 Å². The molecule has 2 rings (SSSR count). The molecule has 1 N–H and O–H groups in total. The van der Waals surface area contributed by atoms with Gasteiger partial charge in [0.05, 0.1) is 24.4 Å². The molecule has 1 aromatic heterocycles. The van der Waals surface area contributed by atoms with Crippen LogP contribution in [0.1, 0.15) is 6.92 Å².